The summed E-state index contributed by atoms with van der Waals surface area (Å²) < 4.78 is 17.5. The highest BCUT2D eigenvalue weighted by Crippen LogP contribution is 2.26. The summed E-state index contributed by atoms with van der Waals surface area (Å²) in [7, 11) is 0. The van der Waals surface area contributed by atoms with Crippen LogP contribution >= 0.6 is 0 Å². The normalized spacial score (nSPS) is 19.3. The third kappa shape index (κ3) is 43.5. The Kier molecular flexibility index (Phi) is 52.2. The average Bonchev–Trinajstić information content (AvgIpc) is 3.44. The van der Waals surface area contributed by atoms with Gasteiger partial charge in [-0.25, -0.2) is 0 Å². The monoisotopic (exact) mass is 1110 g/mol. The lowest BCUT2D eigenvalue weighted by atomic mass is 9.99. The average molecular weight is 1110 g/mol. The molecule has 1 rings (SSSR count). The van der Waals surface area contributed by atoms with Crippen LogP contribution in [0.1, 0.15) is 284 Å². The molecule has 1 aliphatic heterocycles. The molecule has 79 heavy (non-hydrogen) atoms. The van der Waals surface area contributed by atoms with Crippen molar-refractivity contribution in [3.8, 4) is 0 Å². The molecule has 8 atom stereocenters. The van der Waals surface area contributed by atoms with E-state index >= 15 is 0 Å². The highest BCUT2D eigenvalue weighted by molar-refractivity contribution is 5.80. The smallest absolute Gasteiger partial charge is 0.306 e. The summed E-state index contributed by atoms with van der Waals surface area (Å²) in [5.74, 6) is -1.27. The van der Waals surface area contributed by atoms with Gasteiger partial charge in [-0.05, 0) is 83.5 Å². The third-order valence-corrected chi connectivity index (χ3v) is 15.1. The number of allylic oxidation sites excluding steroid dienone is 11. The summed E-state index contributed by atoms with van der Waals surface area (Å²) in [6.45, 7) is 5.72. The lowest BCUT2D eigenvalue weighted by molar-refractivity contribution is -0.305. The quantitative estimate of drug-likeness (QED) is 0.0195. The van der Waals surface area contributed by atoms with Crippen molar-refractivity contribution in [3.63, 3.8) is 0 Å². The van der Waals surface area contributed by atoms with Crippen molar-refractivity contribution in [2.24, 2.45) is 0 Å². The van der Waals surface area contributed by atoms with Gasteiger partial charge in [-0.2, -0.15) is 0 Å². The topological polar surface area (TPSA) is 175 Å². The predicted molar refractivity (Wildman–Crippen MR) is 329 cm³/mol. The maximum atomic E-state index is 13.4. The van der Waals surface area contributed by atoms with Gasteiger partial charge >= 0.3 is 5.97 Å². The standard InChI is InChI=1S/C68H121NO10/c1-4-7-10-13-16-19-22-24-25-26-27-28-29-30-31-32-33-34-35-36-38-40-43-46-49-52-55-61(72)67(76)69-59(60(71)54-51-48-45-42-39-21-18-15-12-9-6-3)58-77-68-66(65(75)64(74)62(57-70)78-68)79-63(73)56-53-50-47-44-41-37-23-20-17-14-11-8-5-2/h16,19,24-25,27-28,37,41,47,50-51,54,59-62,64-66,68,70-72,74-75H,4-15,17-18,20-23,26,29-36,38-40,42-46,48-49,52-53,55-58H2,1-3H3,(H,69,76)/b19-16-,25-24-,28-27-,41-37-,50-47+,54-51+. The number of unbranched alkanes of at least 4 members (excludes halogenated alkanes) is 31. The lowest BCUT2D eigenvalue weighted by Gasteiger charge is -2.41. The molecule has 1 saturated heterocycles. The van der Waals surface area contributed by atoms with Crippen LogP contribution in [0.4, 0.5) is 0 Å². The molecule has 0 radical (unpaired) electrons. The van der Waals surface area contributed by atoms with Crippen LogP contribution in [-0.2, 0) is 23.8 Å². The second kappa shape index (κ2) is 55.6. The van der Waals surface area contributed by atoms with Crippen molar-refractivity contribution >= 4 is 11.9 Å². The molecule has 458 valence electrons. The number of hydrogen-bond donors (Lipinski definition) is 6. The molecule has 1 aliphatic rings. The number of rotatable bonds is 55. The Morgan fingerprint density at radius 1 is 0.494 bits per heavy atom. The van der Waals surface area contributed by atoms with E-state index in [-0.39, 0.29) is 19.4 Å². The molecule has 8 unspecified atom stereocenters. The first-order valence-electron chi connectivity index (χ1n) is 32.7. The highest BCUT2D eigenvalue weighted by Gasteiger charge is 2.47. The summed E-state index contributed by atoms with van der Waals surface area (Å²) >= 11 is 0. The van der Waals surface area contributed by atoms with Crippen LogP contribution in [0.25, 0.3) is 0 Å². The minimum Gasteiger partial charge on any atom is -0.454 e. The largest absolute Gasteiger partial charge is 0.454 e. The number of aliphatic hydroxyl groups is 5. The molecule has 6 N–H and O–H groups in total. The van der Waals surface area contributed by atoms with E-state index in [1.54, 1.807) is 6.08 Å². The van der Waals surface area contributed by atoms with Crippen molar-refractivity contribution in [2.45, 2.75) is 333 Å². The van der Waals surface area contributed by atoms with Crippen molar-refractivity contribution < 1.29 is 49.3 Å². The van der Waals surface area contributed by atoms with Gasteiger partial charge < -0.3 is 45.1 Å². The van der Waals surface area contributed by atoms with Crippen molar-refractivity contribution in [1.82, 2.24) is 5.32 Å². The van der Waals surface area contributed by atoms with Crippen LogP contribution in [0, 0.1) is 0 Å². The second-order valence-electron chi connectivity index (χ2n) is 22.5. The Bertz CT molecular complexity index is 1560. The van der Waals surface area contributed by atoms with Gasteiger partial charge in [0.05, 0.1) is 25.4 Å². The molecule has 0 aromatic carbocycles. The predicted octanol–water partition coefficient (Wildman–Crippen LogP) is 16.0. The minimum atomic E-state index is -1.64. The van der Waals surface area contributed by atoms with Gasteiger partial charge in [0, 0.05) is 6.42 Å². The van der Waals surface area contributed by atoms with Gasteiger partial charge in [0.2, 0.25) is 5.91 Å². The SMILES string of the molecule is CCCCC/C=C\C/C=C\C/C=C\CCCCCCCCCCCCCCCC(O)C(=O)NC(COC1OC(CO)C(O)C(O)C1OC(=O)CC/C=C/C/C=C\CCCCCCCC)C(O)/C=C/CCCCCCCCCCC. The highest BCUT2D eigenvalue weighted by atomic mass is 16.7. The maximum Gasteiger partial charge on any atom is 0.306 e. The van der Waals surface area contributed by atoms with Crippen molar-refractivity contribution in [1.29, 1.82) is 0 Å². The van der Waals surface area contributed by atoms with Crippen LogP contribution < -0.4 is 5.32 Å². The number of nitrogens with one attached hydrogen (secondary N) is 1. The van der Waals surface area contributed by atoms with E-state index in [2.05, 4.69) is 74.7 Å². The van der Waals surface area contributed by atoms with Crippen LogP contribution in [0.5, 0.6) is 0 Å². The van der Waals surface area contributed by atoms with Gasteiger partial charge in [-0.15, -0.1) is 0 Å². The third-order valence-electron chi connectivity index (χ3n) is 15.1. The zero-order chi connectivity index (χ0) is 57.5. The molecule has 0 saturated carbocycles. The Labute approximate surface area is 483 Å². The zero-order valence-electron chi connectivity index (χ0n) is 50.7. The fourth-order valence-corrected chi connectivity index (χ4v) is 9.89. The summed E-state index contributed by atoms with van der Waals surface area (Å²) in [5.41, 5.74) is 0. The zero-order valence-corrected chi connectivity index (χ0v) is 50.7. The number of aliphatic hydroxyl groups excluding tert-OH is 5. The first-order valence-corrected chi connectivity index (χ1v) is 32.7. The maximum absolute atomic E-state index is 13.4. The molecule has 1 fully saturated rings. The number of ether oxygens (including phenoxy) is 3. The molecule has 0 aromatic rings. The van der Waals surface area contributed by atoms with Crippen LogP contribution in [0.3, 0.4) is 0 Å². The molecular formula is C68H121NO10. The van der Waals surface area contributed by atoms with Gasteiger partial charge in [-0.1, -0.05) is 267 Å². The van der Waals surface area contributed by atoms with Crippen LogP contribution in [0.15, 0.2) is 72.9 Å². The lowest BCUT2D eigenvalue weighted by Crippen LogP contribution is -2.61. The molecule has 1 amide bonds. The number of esters is 1. The molecular weight excluding hydrogens is 991 g/mol. The Morgan fingerprint density at radius 3 is 1.33 bits per heavy atom. The minimum absolute atomic E-state index is 0.0167. The van der Waals surface area contributed by atoms with E-state index in [0.29, 0.717) is 12.8 Å². The Hall–Kier alpha value is -2.90. The number of carbonyl (C=O) groups is 2. The summed E-state index contributed by atoms with van der Waals surface area (Å²) in [4.78, 5) is 26.5. The second-order valence-corrected chi connectivity index (χ2v) is 22.5. The molecule has 0 bridgehead atoms. The molecule has 11 nitrogen and oxygen atoms in total. The summed E-state index contributed by atoms with van der Waals surface area (Å²) in [6, 6.07) is -1.04. The van der Waals surface area contributed by atoms with E-state index < -0.39 is 67.4 Å². The number of carbonyl (C=O) groups excluding carboxylic acids is 2. The fourth-order valence-electron chi connectivity index (χ4n) is 9.89. The first kappa shape index (κ1) is 74.1. The van der Waals surface area contributed by atoms with E-state index in [4.69, 9.17) is 14.2 Å². The van der Waals surface area contributed by atoms with E-state index in [9.17, 15) is 35.1 Å². The number of hydrogen-bond acceptors (Lipinski definition) is 10. The van der Waals surface area contributed by atoms with Gasteiger partial charge in [-0.3, -0.25) is 9.59 Å². The van der Waals surface area contributed by atoms with Crippen LogP contribution in [-0.4, -0.2) is 99.6 Å². The summed E-state index contributed by atoms with van der Waals surface area (Å²) in [6.07, 6.45) is 61.1. The first-order chi connectivity index (χ1) is 38.7. The Morgan fingerprint density at radius 2 is 0.873 bits per heavy atom. The van der Waals surface area contributed by atoms with E-state index in [1.165, 1.54) is 173 Å². The van der Waals surface area contributed by atoms with Gasteiger partial charge in [0.15, 0.2) is 12.4 Å². The van der Waals surface area contributed by atoms with E-state index in [0.717, 1.165) is 64.2 Å². The van der Waals surface area contributed by atoms with Gasteiger partial charge in [0.25, 0.3) is 0 Å². The summed E-state index contributed by atoms with van der Waals surface area (Å²) in [5, 5.41) is 56.9. The van der Waals surface area contributed by atoms with Crippen molar-refractivity contribution in [2.75, 3.05) is 13.2 Å². The molecule has 0 aromatic heterocycles. The van der Waals surface area contributed by atoms with E-state index in [1.807, 2.05) is 18.2 Å². The number of amides is 1. The fraction of sp³-hybridized carbons (Fsp3) is 0.794. The molecule has 0 aliphatic carbocycles. The van der Waals surface area contributed by atoms with Gasteiger partial charge in [0.1, 0.15) is 24.4 Å². The van der Waals surface area contributed by atoms with Crippen molar-refractivity contribution in [3.05, 3.63) is 72.9 Å². The van der Waals surface area contributed by atoms with Crippen LogP contribution in [0.2, 0.25) is 0 Å². The molecule has 11 heteroatoms. The molecule has 1 heterocycles. The Balaban J connectivity index is 2.58. The molecule has 0 spiro atoms.